The van der Waals surface area contributed by atoms with Crippen LogP contribution in [0.3, 0.4) is 0 Å². The molecule has 0 spiro atoms. The Morgan fingerprint density at radius 3 is 2.39 bits per heavy atom. The molecule has 1 saturated heterocycles. The van der Waals surface area contributed by atoms with Gasteiger partial charge in [-0.15, -0.1) is 0 Å². The molecule has 1 aliphatic rings. The molecule has 3 heteroatoms. The molecule has 0 unspecified atom stereocenters. The van der Waals surface area contributed by atoms with Crippen molar-refractivity contribution in [2.24, 2.45) is 5.41 Å². The molecule has 108 valence electrons. The summed E-state index contributed by atoms with van der Waals surface area (Å²) in [5.41, 5.74) is 0.466. The first kappa shape index (κ1) is 16.3. The van der Waals surface area contributed by atoms with Gasteiger partial charge < -0.3 is 10.2 Å². The van der Waals surface area contributed by atoms with E-state index in [4.69, 9.17) is 0 Å². The van der Waals surface area contributed by atoms with Gasteiger partial charge in [0, 0.05) is 36.7 Å². The first-order valence-electron chi connectivity index (χ1n) is 7.54. The van der Waals surface area contributed by atoms with Crippen molar-refractivity contribution < 1.29 is 0 Å². The van der Waals surface area contributed by atoms with E-state index in [0.29, 0.717) is 10.2 Å². The first-order chi connectivity index (χ1) is 8.47. The molecule has 0 bridgehead atoms. The van der Waals surface area contributed by atoms with Crippen molar-refractivity contribution in [3.63, 3.8) is 0 Å². The lowest BCUT2D eigenvalue weighted by Gasteiger charge is -2.43. The molecule has 0 radical (unpaired) electrons. The highest BCUT2D eigenvalue weighted by Crippen LogP contribution is 2.33. The lowest BCUT2D eigenvalue weighted by Crippen LogP contribution is -2.50. The fourth-order valence-electron chi connectivity index (χ4n) is 2.89. The summed E-state index contributed by atoms with van der Waals surface area (Å²) in [6.07, 6.45) is 2.56. The van der Waals surface area contributed by atoms with E-state index in [1.165, 1.54) is 44.8 Å². The predicted octanol–water partition coefficient (Wildman–Crippen LogP) is 3.23. The monoisotopic (exact) mass is 272 g/mol. The van der Waals surface area contributed by atoms with E-state index in [1.54, 1.807) is 0 Å². The van der Waals surface area contributed by atoms with Crippen LogP contribution in [0.15, 0.2) is 0 Å². The van der Waals surface area contributed by atoms with Gasteiger partial charge in [-0.3, -0.25) is 0 Å². The summed E-state index contributed by atoms with van der Waals surface area (Å²) >= 11 is 2.13. The zero-order chi connectivity index (χ0) is 13.6. The second-order valence-corrected chi connectivity index (χ2v) is 8.11. The fourth-order valence-corrected chi connectivity index (χ4v) is 4.07. The Bertz CT molecular complexity index is 237. The minimum absolute atomic E-state index is 0.434. The lowest BCUT2D eigenvalue weighted by atomic mass is 9.81. The molecule has 0 amide bonds. The van der Waals surface area contributed by atoms with E-state index in [-0.39, 0.29) is 0 Å². The highest BCUT2D eigenvalue weighted by atomic mass is 32.2. The summed E-state index contributed by atoms with van der Waals surface area (Å²) in [4.78, 5) is 2.70. The maximum absolute atomic E-state index is 3.57. The number of rotatable bonds is 7. The molecule has 1 aliphatic heterocycles. The second-order valence-electron chi connectivity index (χ2n) is 6.31. The van der Waals surface area contributed by atoms with E-state index in [1.807, 2.05) is 0 Å². The Morgan fingerprint density at radius 1 is 1.22 bits per heavy atom. The summed E-state index contributed by atoms with van der Waals surface area (Å²) in [5.74, 6) is 1.29. The summed E-state index contributed by atoms with van der Waals surface area (Å²) in [7, 11) is 0. The van der Waals surface area contributed by atoms with Crippen LogP contribution < -0.4 is 5.32 Å². The molecule has 0 aliphatic carbocycles. The molecule has 18 heavy (non-hydrogen) atoms. The van der Waals surface area contributed by atoms with Crippen LogP contribution >= 0.6 is 11.8 Å². The van der Waals surface area contributed by atoms with Crippen molar-refractivity contribution in [1.82, 2.24) is 10.2 Å². The van der Waals surface area contributed by atoms with Gasteiger partial charge in [-0.1, -0.05) is 20.8 Å². The van der Waals surface area contributed by atoms with Crippen molar-refractivity contribution in [3.05, 3.63) is 0 Å². The Balaban J connectivity index is 2.59. The summed E-state index contributed by atoms with van der Waals surface area (Å²) in [6, 6.07) is 0. The van der Waals surface area contributed by atoms with E-state index < -0.39 is 0 Å². The van der Waals surface area contributed by atoms with Crippen molar-refractivity contribution in [2.75, 3.05) is 38.5 Å². The Labute approximate surface area is 118 Å². The summed E-state index contributed by atoms with van der Waals surface area (Å²) in [6.45, 7) is 17.7. The molecule has 0 atom stereocenters. The molecule has 1 heterocycles. The van der Waals surface area contributed by atoms with Crippen molar-refractivity contribution in [2.45, 2.75) is 52.2 Å². The zero-order valence-electron chi connectivity index (χ0n) is 13.0. The summed E-state index contributed by atoms with van der Waals surface area (Å²) in [5, 5.41) is 3.57. The molecule has 0 aromatic carbocycles. The number of thioether (sulfide) groups is 1. The highest BCUT2D eigenvalue weighted by molar-refractivity contribution is 8.00. The molecule has 1 N–H and O–H groups in total. The molecule has 0 aromatic heterocycles. The van der Waals surface area contributed by atoms with Crippen LogP contribution in [0.4, 0.5) is 0 Å². The van der Waals surface area contributed by atoms with Crippen LogP contribution in [0, 0.1) is 5.41 Å². The minimum atomic E-state index is 0.434. The van der Waals surface area contributed by atoms with Gasteiger partial charge in [-0.25, -0.2) is 0 Å². The van der Waals surface area contributed by atoms with Crippen molar-refractivity contribution in [3.8, 4) is 0 Å². The average Bonchev–Trinajstić information content (AvgIpc) is 2.33. The highest BCUT2D eigenvalue weighted by Gasteiger charge is 2.33. The van der Waals surface area contributed by atoms with E-state index in [9.17, 15) is 0 Å². The Kier molecular flexibility index (Phi) is 6.49. The topological polar surface area (TPSA) is 15.3 Å². The van der Waals surface area contributed by atoms with E-state index >= 15 is 0 Å². The SMILES string of the molecule is CCNCC(CC)(CC)CN1CCSC(C)(C)C1. The van der Waals surface area contributed by atoms with E-state index in [2.05, 4.69) is 56.6 Å². The van der Waals surface area contributed by atoms with Gasteiger partial charge >= 0.3 is 0 Å². The van der Waals surface area contributed by atoms with Crippen LogP contribution in [0.25, 0.3) is 0 Å². The molecule has 2 nitrogen and oxygen atoms in total. The van der Waals surface area contributed by atoms with Gasteiger partial charge in [0.05, 0.1) is 0 Å². The quantitative estimate of drug-likeness (QED) is 0.766. The fraction of sp³-hybridized carbons (Fsp3) is 1.00. The third-order valence-electron chi connectivity index (χ3n) is 4.31. The van der Waals surface area contributed by atoms with Crippen molar-refractivity contribution >= 4 is 11.8 Å². The van der Waals surface area contributed by atoms with Crippen LogP contribution in [-0.4, -0.2) is 48.1 Å². The van der Waals surface area contributed by atoms with Crippen molar-refractivity contribution in [1.29, 1.82) is 0 Å². The summed E-state index contributed by atoms with van der Waals surface area (Å²) < 4.78 is 0.434. The van der Waals surface area contributed by atoms with Gasteiger partial charge in [-0.2, -0.15) is 11.8 Å². The zero-order valence-corrected chi connectivity index (χ0v) is 13.8. The van der Waals surface area contributed by atoms with Crippen LogP contribution in [0.2, 0.25) is 0 Å². The van der Waals surface area contributed by atoms with Crippen LogP contribution in [-0.2, 0) is 0 Å². The lowest BCUT2D eigenvalue weighted by molar-refractivity contribution is 0.130. The van der Waals surface area contributed by atoms with Gasteiger partial charge in [0.2, 0.25) is 0 Å². The third kappa shape index (κ3) is 4.75. The van der Waals surface area contributed by atoms with Crippen LogP contribution in [0.5, 0.6) is 0 Å². The Hall–Kier alpha value is 0.270. The molecular formula is C15H32N2S. The normalized spacial score (nSPS) is 21.2. The minimum Gasteiger partial charge on any atom is -0.316 e. The maximum Gasteiger partial charge on any atom is 0.0231 e. The number of hydrogen-bond donors (Lipinski definition) is 1. The number of nitrogens with one attached hydrogen (secondary N) is 1. The van der Waals surface area contributed by atoms with E-state index in [0.717, 1.165) is 6.54 Å². The standard InChI is InChI=1S/C15H32N2S/c1-6-15(7-2,11-16-8-3)13-17-9-10-18-14(4,5)12-17/h16H,6-13H2,1-5H3. The molecular weight excluding hydrogens is 240 g/mol. The van der Waals surface area contributed by atoms with Gasteiger partial charge in [0.25, 0.3) is 0 Å². The number of nitrogens with zero attached hydrogens (tertiary/aromatic N) is 1. The average molecular weight is 273 g/mol. The molecule has 1 rings (SSSR count). The molecule has 1 fully saturated rings. The van der Waals surface area contributed by atoms with Gasteiger partial charge in [0.1, 0.15) is 0 Å². The second kappa shape index (κ2) is 7.16. The maximum atomic E-state index is 3.57. The van der Waals surface area contributed by atoms with Gasteiger partial charge in [0.15, 0.2) is 0 Å². The van der Waals surface area contributed by atoms with Crippen LogP contribution in [0.1, 0.15) is 47.5 Å². The smallest absolute Gasteiger partial charge is 0.0231 e. The Morgan fingerprint density at radius 2 is 1.89 bits per heavy atom. The molecule has 0 saturated carbocycles. The first-order valence-corrected chi connectivity index (χ1v) is 8.52. The predicted molar refractivity (Wildman–Crippen MR) is 84.5 cm³/mol. The molecule has 0 aromatic rings. The number of hydrogen-bond acceptors (Lipinski definition) is 3. The largest absolute Gasteiger partial charge is 0.316 e. The van der Waals surface area contributed by atoms with Gasteiger partial charge in [-0.05, 0) is 38.6 Å². The third-order valence-corrected chi connectivity index (χ3v) is 5.61.